The molecule has 1 aliphatic rings. The van der Waals surface area contributed by atoms with Gasteiger partial charge in [-0.1, -0.05) is 0 Å². The quantitative estimate of drug-likeness (QED) is 0.189. The molecular weight excluding hydrogens is 479 g/mol. The normalized spacial score (nSPS) is 17.8. The fraction of sp³-hybridized carbons (Fsp3) is 0.722. The van der Waals surface area contributed by atoms with Crippen LogP contribution in [0.25, 0.3) is 0 Å². The van der Waals surface area contributed by atoms with Crippen LogP contribution in [0.5, 0.6) is 0 Å². The monoisotopic (exact) mass is 512 g/mol. The van der Waals surface area contributed by atoms with Gasteiger partial charge in [-0.15, -0.1) is 24.0 Å². The Morgan fingerprint density at radius 1 is 1.33 bits per heavy atom. The van der Waals surface area contributed by atoms with E-state index in [1.165, 1.54) is 0 Å². The van der Waals surface area contributed by atoms with Crippen molar-refractivity contribution in [3.8, 4) is 0 Å². The third kappa shape index (κ3) is 10.6. The molecule has 156 valence electrons. The van der Waals surface area contributed by atoms with Crippen LogP contribution in [0.4, 0.5) is 0 Å². The van der Waals surface area contributed by atoms with Crippen molar-refractivity contribution in [1.82, 2.24) is 15.5 Å². The Kier molecular flexibility index (Phi) is 12.4. The van der Waals surface area contributed by atoms with Crippen molar-refractivity contribution in [3.63, 3.8) is 0 Å². The van der Waals surface area contributed by atoms with E-state index in [0.717, 1.165) is 63.3 Å². The number of hydrogen-bond acceptors (Lipinski definition) is 6. The van der Waals surface area contributed by atoms with Gasteiger partial charge in [0.1, 0.15) is 5.76 Å². The Hall–Kier alpha value is -0.490. The summed E-state index contributed by atoms with van der Waals surface area (Å²) >= 11 is 1.78. The molecule has 1 saturated heterocycles. The molecule has 0 spiro atoms. The van der Waals surface area contributed by atoms with Gasteiger partial charge in [0, 0.05) is 44.9 Å². The van der Waals surface area contributed by atoms with E-state index in [1.807, 2.05) is 19.1 Å². The molecule has 2 rings (SSSR count). The Balaban J connectivity index is 0.00000364. The third-order valence-corrected chi connectivity index (χ3v) is 4.70. The number of hydrogen-bond donors (Lipinski definition) is 3. The van der Waals surface area contributed by atoms with E-state index >= 15 is 0 Å². The minimum atomic E-state index is -0.869. The molecule has 1 unspecified atom stereocenters. The highest BCUT2D eigenvalue weighted by Crippen LogP contribution is 2.09. The number of nitrogens with zero attached hydrogens (tertiary/aromatic N) is 2. The number of aliphatic imine (C=N–C) groups is 1. The van der Waals surface area contributed by atoms with Crippen LogP contribution >= 0.6 is 35.7 Å². The Morgan fingerprint density at radius 3 is 2.74 bits per heavy atom. The Labute approximate surface area is 183 Å². The van der Waals surface area contributed by atoms with E-state index in [4.69, 9.17) is 9.15 Å². The van der Waals surface area contributed by atoms with Gasteiger partial charge in [0.2, 0.25) is 0 Å². The molecule has 9 heteroatoms. The highest BCUT2D eigenvalue weighted by Gasteiger charge is 2.25. The molecule has 3 N–H and O–H groups in total. The van der Waals surface area contributed by atoms with Crippen LogP contribution in [-0.2, 0) is 11.2 Å². The molecule has 1 aliphatic heterocycles. The Bertz CT molecular complexity index is 523. The summed E-state index contributed by atoms with van der Waals surface area (Å²) < 4.78 is 10.7. The van der Waals surface area contributed by atoms with E-state index in [0.29, 0.717) is 13.1 Å². The predicted molar refractivity (Wildman–Crippen MR) is 122 cm³/mol. The summed E-state index contributed by atoms with van der Waals surface area (Å²) in [4.78, 5) is 6.82. The number of ether oxygens (including phenoxy) is 1. The summed E-state index contributed by atoms with van der Waals surface area (Å²) in [6.07, 6.45) is 4.56. The van der Waals surface area contributed by atoms with E-state index in [1.54, 1.807) is 18.0 Å². The fourth-order valence-electron chi connectivity index (χ4n) is 2.75. The molecular formula is C18H33IN4O3S. The lowest BCUT2D eigenvalue weighted by molar-refractivity contribution is -0.0179. The molecule has 27 heavy (non-hydrogen) atoms. The van der Waals surface area contributed by atoms with Gasteiger partial charge >= 0.3 is 0 Å². The molecule has 1 atom stereocenters. The largest absolute Gasteiger partial charge is 0.469 e. The second-order valence-electron chi connectivity index (χ2n) is 6.73. The molecule has 0 aliphatic carbocycles. The lowest BCUT2D eigenvalue weighted by atomic mass is 10.1. The fourth-order valence-corrected chi connectivity index (χ4v) is 3.05. The molecule has 0 saturated carbocycles. The van der Waals surface area contributed by atoms with Gasteiger partial charge in [-0.2, -0.15) is 11.8 Å². The Morgan fingerprint density at radius 2 is 2.07 bits per heavy atom. The maximum absolute atomic E-state index is 10.7. The number of rotatable bonds is 10. The van der Waals surface area contributed by atoms with Crippen LogP contribution in [-0.4, -0.2) is 86.1 Å². The van der Waals surface area contributed by atoms with Crippen LogP contribution in [0.2, 0.25) is 0 Å². The van der Waals surface area contributed by atoms with Gasteiger partial charge in [-0.3, -0.25) is 9.89 Å². The summed E-state index contributed by atoms with van der Waals surface area (Å²) in [7, 11) is 0. The topological polar surface area (TPSA) is 82.3 Å². The number of morpholine rings is 1. The molecule has 2 heterocycles. The first-order valence-corrected chi connectivity index (χ1v) is 10.5. The SMILES string of the molecule is CSCCNC(=NCC(C)(O)CN1CCOCC1)NCCc1ccco1.I. The molecule has 7 nitrogen and oxygen atoms in total. The lowest BCUT2D eigenvalue weighted by Gasteiger charge is -2.33. The smallest absolute Gasteiger partial charge is 0.191 e. The number of furan rings is 1. The number of β-amino-alcohol motifs (C(OH)–C–C–N with tert-alkyl or cyclic N) is 1. The molecule has 0 radical (unpaired) electrons. The van der Waals surface area contributed by atoms with Crippen molar-refractivity contribution >= 4 is 41.7 Å². The standard InChI is InChI=1S/C18H32N4O3S.HI/c1-18(23,15-22-8-11-24-12-9-22)14-21-17(20-7-13-26-2)19-6-5-16-4-3-10-25-16;/h3-4,10,23H,5-9,11-15H2,1-2H3,(H2,19,20,21);1H. The van der Waals surface area contributed by atoms with E-state index in [-0.39, 0.29) is 24.0 Å². The van der Waals surface area contributed by atoms with Gasteiger partial charge in [-0.25, -0.2) is 0 Å². The van der Waals surface area contributed by atoms with Crippen LogP contribution in [0.15, 0.2) is 27.8 Å². The maximum Gasteiger partial charge on any atom is 0.191 e. The number of halogens is 1. The summed E-state index contributed by atoms with van der Waals surface area (Å²) in [6, 6.07) is 3.86. The van der Waals surface area contributed by atoms with Crippen LogP contribution < -0.4 is 10.6 Å². The first-order chi connectivity index (χ1) is 12.6. The number of thioether (sulfide) groups is 1. The van der Waals surface area contributed by atoms with E-state index in [9.17, 15) is 5.11 Å². The first-order valence-electron chi connectivity index (χ1n) is 9.15. The molecule has 0 amide bonds. The highest BCUT2D eigenvalue weighted by atomic mass is 127. The van der Waals surface area contributed by atoms with Gasteiger partial charge in [-0.05, 0) is 25.3 Å². The zero-order chi connectivity index (χ0) is 18.7. The lowest BCUT2D eigenvalue weighted by Crippen LogP contribution is -2.48. The second-order valence-corrected chi connectivity index (χ2v) is 7.71. The zero-order valence-electron chi connectivity index (χ0n) is 16.3. The molecule has 1 fully saturated rings. The van der Waals surface area contributed by atoms with Crippen LogP contribution in [0.3, 0.4) is 0 Å². The minimum absolute atomic E-state index is 0. The first kappa shape index (κ1) is 24.5. The summed E-state index contributed by atoms with van der Waals surface area (Å²) in [5.74, 6) is 2.68. The van der Waals surface area contributed by atoms with Crippen molar-refractivity contribution in [2.75, 3.05) is 64.5 Å². The average molecular weight is 512 g/mol. The molecule has 0 aromatic carbocycles. The molecule has 1 aromatic heterocycles. The van der Waals surface area contributed by atoms with Crippen LogP contribution in [0.1, 0.15) is 12.7 Å². The van der Waals surface area contributed by atoms with Crippen molar-refractivity contribution in [3.05, 3.63) is 24.2 Å². The second kappa shape index (κ2) is 13.6. The maximum atomic E-state index is 10.7. The van der Waals surface area contributed by atoms with Crippen LogP contribution in [0, 0.1) is 0 Å². The highest BCUT2D eigenvalue weighted by molar-refractivity contribution is 14.0. The van der Waals surface area contributed by atoms with E-state index in [2.05, 4.69) is 26.8 Å². The van der Waals surface area contributed by atoms with Crippen molar-refractivity contribution in [2.45, 2.75) is 18.9 Å². The number of nitrogens with one attached hydrogen (secondary N) is 2. The van der Waals surface area contributed by atoms with E-state index < -0.39 is 5.60 Å². The summed E-state index contributed by atoms with van der Waals surface area (Å²) in [5.41, 5.74) is -0.869. The average Bonchev–Trinajstić information content (AvgIpc) is 3.13. The van der Waals surface area contributed by atoms with Gasteiger partial charge in [0.05, 0.1) is 31.6 Å². The number of aliphatic hydroxyl groups is 1. The predicted octanol–water partition coefficient (Wildman–Crippen LogP) is 1.42. The molecule has 0 bridgehead atoms. The third-order valence-electron chi connectivity index (χ3n) is 4.09. The van der Waals surface area contributed by atoms with Gasteiger partial charge < -0.3 is 24.9 Å². The summed E-state index contributed by atoms with van der Waals surface area (Å²) in [6.45, 7) is 7.53. The molecule has 1 aromatic rings. The number of guanidine groups is 1. The summed E-state index contributed by atoms with van der Waals surface area (Å²) in [5, 5.41) is 17.3. The van der Waals surface area contributed by atoms with Crippen molar-refractivity contribution in [2.24, 2.45) is 4.99 Å². The zero-order valence-corrected chi connectivity index (χ0v) is 19.4. The van der Waals surface area contributed by atoms with Crippen molar-refractivity contribution in [1.29, 1.82) is 0 Å². The van der Waals surface area contributed by atoms with Gasteiger partial charge in [0.25, 0.3) is 0 Å². The van der Waals surface area contributed by atoms with Crippen molar-refractivity contribution < 1.29 is 14.3 Å². The van der Waals surface area contributed by atoms with Gasteiger partial charge in [0.15, 0.2) is 5.96 Å². The minimum Gasteiger partial charge on any atom is -0.469 e.